The number of aromatic nitrogens is 1. The normalized spacial score (nSPS) is 10.4. The molecule has 0 aromatic carbocycles. The fourth-order valence-corrected chi connectivity index (χ4v) is 0.777. The van der Waals surface area contributed by atoms with E-state index in [1.165, 1.54) is 7.11 Å². The number of rotatable bonds is 2. The highest BCUT2D eigenvalue weighted by molar-refractivity contribution is 5.74. The van der Waals surface area contributed by atoms with Crippen molar-refractivity contribution < 1.29 is 9.40 Å². The summed E-state index contributed by atoms with van der Waals surface area (Å²) >= 11 is 0. The van der Waals surface area contributed by atoms with Crippen LogP contribution in [0, 0.1) is 0 Å². The zero-order valence-electron chi connectivity index (χ0n) is 6.69. The number of hydrogen-bond acceptors (Lipinski definition) is 2. The first-order valence-electron chi connectivity index (χ1n) is 3.36. The van der Waals surface area contributed by atoms with Gasteiger partial charge in [-0.2, -0.15) is 0 Å². The van der Waals surface area contributed by atoms with E-state index in [0.717, 1.165) is 5.69 Å². The molecule has 1 aromatic heterocycles. The zero-order valence-corrected chi connectivity index (χ0v) is 6.69. The molecular formula is C8H11N2O+. The van der Waals surface area contributed by atoms with E-state index in [-0.39, 0.29) is 0 Å². The highest BCUT2D eigenvalue weighted by Gasteiger charge is 1.98. The van der Waals surface area contributed by atoms with Gasteiger partial charge in [-0.05, 0) is 6.07 Å². The summed E-state index contributed by atoms with van der Waals surface area (Å²) in [5.41, 5.74) is 1.01. The van der Waals surface area contributed by atoms with Crippen LogP contribution in [-0.2, 0) is 11.9 Å². The minimum absolute atomic E-state index is 1.01. The lowest BCUT2D eigenvalue weighted by Gasteiger charge is -1.90. The van der Waals surface area contributed by atoms with Gasteiger partial charge in [0.25, 0.3) is 0 Å². The molecule has 11 heavy (non-hydrogen) atoms. The van der Waals surface area contributed by atoms with E-state index in [4.69, 9.17) is 0 Å². The van der Waals surface area contributed by atoms with Crippen LogP contribution in [0.25, 0.3) is 0 Å². The summed E-state index contributed by atoms with van der Waals surface area (Å²) in [7, 11) is 3.48. The standard InChI is InChI=1S/C8H11N2O/c1-10-6-4-3-5-8(10)7-9-11-2/h3-7H,1-2H3/q+1. The molecule has 0 saturated carbocycles. The first-order chi connectivity index (χ1) is 5.34. The van der Waals surface area contributed by atoms with Crippen molar-refractivity contribution in [1.29, 1.82) is 0 Å². The molecule has 0 aliphatic heterocycles. The fraction of sp³-hybridized carbons (Fsp3) is 0.250. The number of aryl methyl sites for hydroxylation is 1. The summed E-state index contributed by atoms with van der Waals surface area (Å²) in [6.45, 7) is 0. The zero-order chi connectivity index (χ0) is 8.10. The third-order valence-corrected chi connectivity index (χ3v) is 1.39. The molecule has 0 aliphatic rings. The monoisotopic (exact) mass is 151 g/mol. The van der Waals surface area contributed by atoms with E-state index in [9.17, 15) is 0 Å². The Hall–Kier alpha value is -1.38. The molecule has 1 aromatic rings. The maximum absolute atomic E-state index is 4.56. The van der Waals surface area contributed by atoms with Crippen LogP contribution in [0.2, 0.25) is 0 Å². The third-order valence-electron chi connectivity index (χ3n) is 1.39. The molecule has 0 aliphatic carbocycles. The summed E-state index contributed by atoms with van der Waals surface area (Å²) in [6, 6.07) is 5.88. The molecule has 0 saturated heterocycles. The van der Waals surface area contributed by atoms with Crippen molar-refractivity contribution in [3.05, 3.63) is 30.1 Å². The quantitative estimate of drug-likeness (QED) is 0.343. The van der Waals surface area contributed by atoms with Crippen LogP contribution in [0.3, 0.4) is 0 Å². The van der Waals surface area contributed by atoms with Gasteiger partial charge in [-0.1, -0.05) is 5.16 Å². The van der Waals surface area contributed by atoms with Gasteiger partial charge >= 0.3 is 0 Å². The second-order valence-electron chi connectivity index (χ2n) is 2.15. The summed E-state index contributed by atoms with van der Waals surface area (Å²) in [5, 5.41) is 3.66. The van der Waals surface area contributed by atoms with Gasteiger partial charge in [0.05, 0.1) is 0 Å². The Balaban J connectivity index is 2.86. The van der Waals surface area contributed by atoms with Gasteiger partial charge in [-0.25, -0.2) is 4.57 Å². The molecule has 1 rings (SSSR count). The van der Waals surface area contributed by atoms with Crippen LogP contribution in [0.5, 0.6) is 0 Å². The van der Waals surface area contributed by atoms with Crippen molar-refractivity contribution in [2.75, 3.05) is 7.11 Å². The number of hydrogen-bond donors (Lipinski definition) is 0. The van der Waals surface area contributed by atoms with E-state index < -0.39 is 0 Å². The Morgan fingerprint density at radius 2 is 2.36 bits per heavy atom. The Morgan fingerprint density at radius 3 is 3.00 bits per heavy atom. The molecule has 0 N–H and O–H groups in total. The van der Waals surface area contributed by atoms with Crippen molar-refractivity contribution in [2.24, 2.45) is 12.2 Å². The minimum atomic E-state index is 1.01. The Bertz CT molecular complexity index is 258. The molecule has 0 spiro atoms. The molecule has 0 bridgehead atoms. The molecule has 0 atom stereocenters. The van der Waals surface area contributed by atoms with Crippen LogP contribution >= 0.6 is 0 Å². The molecule has 58 valence electrons. The maximum atomic E-state index is 4.56. The van der Waals surface area contributed by atoms with Gasteiger partial charge < -0.3 is 4.84 Å². The molecule has 0 amide bonds. The molecule has 3 heteroatoms. The molecule has 1 heterocycles. The second-order valence-corrected chi connectivity index (χ2v) is 2.15. The molecule has 0 fully saturated rings. The first kappa shape index (κ1) is 7.72. The van der Waals surface area contributed by atoms with Crippen LogP contribution in [0.1, 0.15) is 5.69 Å². The van der Waals surface area contributed by atoms with Crippen molar-refractivity contribution >= 4 is 6.21 Å². The topological polar surface area (TPSA) is 25.5 Å². The third kappa shape index (κ3) is 2.04. The SMILES string of the molecule is CON=Cc1cccc[n+]1C. The van der Waals surface area contributed by atoms with Crippen LogP contribution < -0.4 is 4.57 Å². The van der Waals surface area contributed by atoms with Crippen LogP contribution in [0.4, 0.5) is 0 Å². The lowest BCUT2D eigenvalue weighted by molar-refractivity contribution is -0.672. The summed E-state index contributed by atoms with van der Waals surface area (Å²) in [5.74, 6) is 0. The molecule has 0 unspecified atom stereocenters. The van der Waals surface area contributed by atoms with Crippen LogP contribution in [0.15, 0.2) is 29.6 Å². The second kappa shape index (κ2) is 3.71. The number of oxime groups is 1. The van der Waals surface area contributed by atoms with E-state index >= 15 is 0 Å². The Morgan fingerprint density at radius 1 is 1.55 bits per heavy atom. The largest absolute Gasteiger partial charge is 0.399 e. The summed E-state index contributed by atoms with van der Waals surface area (Å²) < 4.78 is 1.96. The number of nitrogens with zero attached hydrogens (tertiary/aromatic N) is 2. The van der Waals surface area contributed by atoms with Crippen LogP contribution in [-0.4, -0.2) is 13.3 Å². The van der Waals surface area contributed by atoms with Crippen molar-refractivity contribution in [3.8, 4) is 0 Å². The van der Waals surface area contributed by atoms with Gasteiger partial charge in [0.1, 0.15) is 20.4 Å². The summed E-state index contributed by atoms with van der Waals surface area (Å²) in [4.78, 5) is 4.56. The fourth-order valence-electron chi connectivity index (χ4n) is 0.777. The Kier molecular flexibility index (Phi) is 2.60. The molecule has 3 nitrogen and oxygen atoms in total. The average Bonchev–Trinajstić information content (AvgIpc) is 2.03. The maximum Gasteiger partial charge on any atom is 0.226 e. The van der Waals surface area contributed by atoms with E-state index in [2.05, 4.69) is 9.99 Å². The predicted octanol–water partition coefficient (Wildman–Crippen LogP) is 0.491. The molecular weight excluding hydrogens is 140 g/mol. The average molecular weight is 151 g/mol. The van der Waals surface area contributed by atoms with Crippen molar-refractivity contribution in [1.82, 2.24) is 0 Å². The minimum Gasteiger partial charge on any atom is -0.399 e. The smallest absolute Gasteiger partial charge is 0.226 e. The number of pyridine rings is 1. The van der Waals surface area contributed by atoms with Gasteiger partial charge in [-0.3, -0.25) is 0 Å². The van der Waals surface area contributed by atoms with Crippen molar-refractivity contribution in [2.45, 2.75) is 0 Å². The van der Waals surface area contributed by atoms with Gasteiger partial charge in [-0.15, -0.1) is 0 Å². The van der Waals surface area contributed by atoms with Gasteiger partial charge in [0, 0.05) is 12.1 Å². The van der Waals surface area contributed by atoms with E-state index in [0.29, 0.717) is 0 Å². The van der Waals surface area contributed by atoms with E-state index in [1.54, 1.807) is 6.21 Å². The van der Waals surface area contributed by atoms with Crippen molar-refractivity contribution in [3.63, 3.8) is 0 Å². The first-order valence-corrected chi connectivity index (χ1v) is 3.36. The highest BCUT2D eigenvalue weighted by atomic mass is 16.6. The highest BCUT2D eigenvalue weighted by Crippen LogP contribution is 1.85. The Labute approximate surface area is 65.9 Å². The predicted molar refractivity (Wildman–Crippen MR) is 42.2 cm³/mol. The lowest BCUT2D eigenvalue weighted by atomic mass is 10.4. The van der Waals surface area contributed by atoms with Gasteiger partial charge in [0.2, 0.25) is 5.69 Å². The van der Waals surface area contributed by atoms with E-state index in [1.807, 2.05) is 36.0 Å². The molecule has 0 radical (unpaired) electrons. The lowest BCUT2D eigenvalue weighted by Crippen LogP contribution is -2.32. The van der Waals surface area contributed by atoms with Gasteiger partial charge in [0.15, 0.2) is 6.20 Å². The summed E-state index contributed by atoms with van der Waals surface area (Å²) in [6.07, 6.45) is 3.62.